The summed E-state index contributed by atoms with van der Waals surface area (Å²) in [7, 11) is 1.19. The number of rotatable bonds is 4. The van der Waals surface area contributed by atoms with Crippen molar-refractivity contribution in [3.05, 3.63) is 34.9 Å². The standard InChI is InChI=1S/C17H19ClN2O5/c1-3-20-14(22)11-12(15(20)23)17(8-21,16(24)25-2)19-13(11)9-4-6-10(18)7-5-9/h4-7,11-13,19,21H,3,8H2,1-2H3/t11-,12-,13+,17+/m0/s1. The number of imide groups is 1. The SMILES string of the molecule is CCN1C(=O)[C@@H]2[C@@H](c3ccc(Cl)cc3)N[C@@](CO)(C(=O)OC)[C@@H]2C1=O. The molecule has 134 valence electrons. The van der Waals surface area contributed by atoms with Crippen molar-refractivity contribution in [2.24, 2.45) is 11.8 Å². The lowest BCUT2D eigenvalue weighted by atomic mass is 9.79. The van der Waals surface area contributed by atoms with Crippen LogP contribution >= 0.6 is 11.6 Å². The fourth-order valence-electron chi connectivity index (χ4n) is 3.91. The number of nitrogens with zero attached hydrogens (tertiary/aromatic N) is 1. The molecule has 3 rings (SSSR count). The van der Waals surface area contributed by atoms with Crippen LogP contribution in [0.2, 0.25) is 5.02 Å². The van der Waals surface area contributed by atoms with Crippen LogP contribution in [0.4, 0.5) is 0 Å². The average Bonchev–Trinajstić information content (AvgIpc) is 3.10. The fraction of sp³-hybridized carbons (Fsp3) is 0.471. The Balaban J connectivity index is 2.13. The van der Waals surface area contributed by atoms with Crippen molar-refractivity contribution in [1.29, 1.82) is 0 Å². The minimum atomic E-state index is -1.65. The summed E-state index contributed by atoms with van der Waals surface area (Å²) in [6.07, 6.45) is 0. The number of halogens is 1. The molecule has 4 atom stereocenters. The van der Waals surface area contributed by atoms with Crippen LogP contribution in [0.25, 0.3) is 0 Å². The highest BCUT2D eigenvalue weighted by Gasteiger charge is 2.68. The first-order valence-electron chi connectivity index (χ1n) is 7.99. The number of aliphatic hydroxyl groups excluding tert-OH is 1. The molecule has 1 aromatic carbocycles. The van der Waals surface area contributed by atoms with Gasteiger partial charge in [0.2, 0.25) is 11.8 Å². The van der Waals surface area contributed by atoms with Crippen LogP contribution in [0.1, 0.15) is 18.5 Å². The van der Waals surface area contributed by atoms with E-state index in [0.717, 1.165) is 4.90 Å². The molecule has 2 aliphatic heterocycles. The van der Waals surface area contributed by atoms with E-state index < -0.39 is 41.9 Å². The summed E-state index contributed by atoms with van der Waals surface area (Å²) in [6, 6.07) is 6.19. The molecule has 0 aromatic heterocycles. The van der Waals surface area contributed by atoms with Gasteiger partial charge in [-0.2, -0.15) is 0 Å². The van der Waals surface area contributed by atoms with Gasteiger partial charge in [0, 0.05) is 17.6 Å². The number of methoxy groups -OCH3 is 1. The van der Waals surface area contributed by atoms with E-state index in [-0.39, 0.29) is 12.5 Å². The first-order valence-corrected chi connectivity index (χ1v) is 8.36. The molecule has 0 bridgehead atoms. The summed E-state index contributed by atoms with van der Waals surface area (Å²) in [5.74, 6) is -3.40. The Morgan fingerprint density at radius 1 is 1.32 bits per heavy atom. The van der Waals surface area contributed by atoms with Crippen molar-refractivity contribution >= 4 is 29.4 Å². The fourth-order valence-corrected chi connectivity index (χ4v) is 4.04. The zero-order chi connectivity index (χ0) is 18.4. The van der Waals surface area contributed by atoms with E-state index in [1.807, 2.05) is 0 Å². The van der Waals surface area contributed by atoms with Crippen molar-refractivity contribution in [1.82, 2.24) is 10.2 Å². The highest BCUT2D eigenvalue weighted by atomic mass is 35.5. The lowest BCUT2D eigenvalue weighted by molar-refractivity contribution is -0.156. The van der Waals surface area contributed by atoms with Gasteiger partial charge >= 0.3 is 5.97 Å². The van der Waals surface area contributed by atoms with Gasteiger partial charge in [-0.15, -0.1) is 0 Å². The molecule has 8 heteroatoms. The summed E-state index contributed by atoms with van der Waals surface area (Å²) in [6.45, 7) is 1.25. The second-order valence-corrected chi connectivity index (χ2v) is 6.66. The monoisotopic (exact) mass is 366 g/mol. The van der Waals surface area contributed by atoms with Crippen LogP contribution in [0.5, 0.6) is 0 Å². The van der Waals surface area contributed by atoms with Crippen LogP contribution in [0.15, 0.2) is 24.3 Å². The predicted molar refractivity (Wildman–Crippen MR) is 88.5 cm³/mol. The molecule has 7 nitrogen and oxygen atoms in total. The van der Waals surface area contributed by atoms with Gasteiger partial charge in [0.25, 0.3) is 0 Å². The molecule has 0 saturated carbocycles. The lowest BCUT2D eigenvalue weighted by Gasteiger charge is -2.30. The topological polar surface area (TPSA) is 95.9 Å². The normalized spacial score (nSPS) is 31.4. The molecule has 0 spiro atoms. The lowest BCUT2D eigenvalue weighted by Crippen LogP contribution is -2.58. The highest BCUT2D eigenvalue weighted by Crippen LogP contribution is 2.49. The van der Waals surface area contributed by atoms with E-state index in [9.17, 15) is 19.5 Å². The molecule has 2 saturated heterocycles. The van der Waals surface area contributed by atoms with E-state index >= 15 is 0 Å². The van der Waals surface area contributed by atoms with Crippen LogP contribution in [-0.4, -0.2) is 53.6 Å². The van der Waals surface area contributed by atoms with Gasteiger partial charge in [-0.05, 0) is 24.6 Å². The van der Waals surface area contributed by atoms with Crippen molar-refractivity contribution in [2.45, 2.75) is 18.5 Å². The quantitative estimate of drug-likeness (QED) is 0.595. The Morgan fingerprint density at radius 2 is 1.96 bits per heavy atom. The van der Waals surface area contributed by atoms with E-state index in [1.165, 1.54) is 7.11 Å². The van der Waals surface area contributed by atoms with Gasteiger partial charge in [-0.3, -0.25) is 19.8 Å². The highest BCUT2D eigenvalue weighted by molar-refractivity contribution is 6.30. The third-order valence-electron chi connectivity index (χ3n) is 5.09. The number of benzene rings is 1. The maximum absolute atomic E-state index is 12.8. The number of fused-ring (bicyclic) bond motifs is 1. The third-order valence-corrected chi connectivity index (χ3v) is 5.34. The van der Waals surface area contributed by atoms with Gasteiger partial charge in [0.15, 0.2) is 5.54 Å². The number of hydrogen-bond donors (Lipinski definition) is 2. The summed E-state index contributed by atoms with van der Waals surface area (Å²) in [4.78, 5) is 39.1. The molecule has 1 aromatic rings. The number of nitrogens with one attached hydrogen (secondary N) is 1. The van der Waals surface area contributed by atoms with Gasteiger partial charge < -0.3 is 9.84 Å². The number of ether oxygens (including phenoxy) is 1. The minimum Gasteiger partial charge on any atom is -0.468 e. The van der Waals surface area contributed by atoms with E-state index in [4.69, 9.17) is 16.3 Å². The molecule has 0 radical (unpaired) electrons. The number of amides is 2. The Labute approximate surface area is 149 Å². The summed E-state index contributed by atoms with van der Waals surface area (Å²) >= 11 is 5.92. The Bertz CT molecular complexity index is 722. The van der Waals surface area contributed by atoms with Gasteiger partial charge in [-0.25, -0.2) is 4.79 Å². The Kier molecular flexibility index (Phi) is 4.57. The Morgan fingerprint density at radius 3 is 2.48 bits per heavy atom. The second kappa shape index (κ2) is 6.40. The summed E-state index contributed by atoms with van der Waals surface area (Å²) in [5.41, 5.74) is -0.946. The van der Waals surface area contributed by atoms with Crippen molar-refractivity contribution in [3.8, 4) is 0 Å². The number of carbonyl (C=O) groups excluding carboxylic acids is 3. The number of hydrogen-bond acceptors (Lipinski definition) is 6. The molecule has 2 amide bonds. The maximum atomic E-state index is 12.8. The molecular weight excluding hydrogens is 348 g/mol. The number of esters is 1. The van der Waals surface area contributed by atoms with Gasteiger partial charge in [0.1, 0.15) is 0 Å². The van der Waals surface area contributed by atoms with Crippen LogP contribution in [0, 0.1) is 11.8 Å². The first kappa shape index (κ1) is 17.8. The van der Waals surface area contributed by atoms with Crippen LogP contribution in [-0.2, 0) is 19.1 Å². The molecule has 25 heavy (non-hydrogen) atoms. The van der Waals surface area contributed by atoms with E-state index in [0.29, 0.717) is 10.6 Å². The largest absolute Gasteiger partial charge is 0.468 e. The van der Waals surface area contributed by atoms with Crippen molar-refractivity contribution in [2.75, 3.05) is 20.3 Å². The van der Waals surface area contributed by atoms with Crippen LogP contribution < -0.4 is 5.32 Å². The molecule has 2 heterocycles. The minimum absolute atomic E-state index is 0.209. The average molecular weight is 367 g/mol. The van der Waals surface area contributed by atoms with E-state index in [2.05, 4.69) is 5.32 Å². The molecule has 0 unspecified atom stereocenters. The van der Waals surface area contributed by atoms with Gasteiger partial charge in [-0.1, -0.05) is 23.7 Å². The van der Waals surface area contributed by atoms with Crippen molar-refractivity contribution in [3.63, 3.8) is 0 Å². The smallest absolute Gasteiger partial charge is 0.329 e. The number of likely N-dealkylation sites (tertiary alicyclic amines) is 1. The maximum Gasteiger partial charge on any atom is 0.329 e. The second-order valence-electron chi connectivity index (χ2n) is 6.22. The van der Waals surface area contributed by atoms with Crippen molar-refractivity contribution < 1.29 is 24.2 Å². The molecular formula is C17H19ClN2O5. The molecule has 2 aliphatic rings. The molecule has 2 N–H and O–H groups in total. The Hall–Kier alpha value is -1.96. The number of aliphatic hydroxyl groups is 1. The number of carbonyl (C=O) groups is 3. The van der Waals surface area contributed by atoms with Gasteiger partial charge in [0.05, 0.1) is 25.6 Å². The van der Waals surface area contributed by atoms with E-state index in [1.54, 1.807) is 31.2 Å². The third kappa shape index (κ3) is 2.46. The zero-order valence-electron chi connectivity index (χ0n) is 13.9. The zero-order valence-corrected chi connectivity index (χ0v) is 14.6. The predicted octanol–water partition coefficient (Wildman–Crippen LogP) is 0.509. The molecule has 2 fully saturated rings. The summed E-state index contributed by atoms with van der Waals surface area (Å²) < 4.78 is 4.83. The summed E-state index contributed by atoms with van der Waals surface area (Å²) in [5, 5.41) is 13.5. The van der Waals surface area contributed by atoms with Crippen LogP contribution in [0.3, 0.4) is 0 Å². The molecule has 0 aliphatic carbocycles. The first-order chi connectivity index (χ1) is 11.9.